The summed E-state index contributed by atoms with van der Waals surface area (Å²) in [6, 6.07) is 22.3. The third-order valence-electron chi connectivity index (χ3n) is 7.87. The monoisotopic (exact) mass is 660 g/mol. The Balaban J connectivity index is 1.53. The Bertz CT molecular complexity index is 2210. The molecule has 3 heterocycles. The highest BCUT2D eigenvalue weighted by Crippen LogP contribution is 2.32. The Labute approximate surface area is 282 Å². The molecule has 0 fully saturated rings. The number of aryl methyl sites for hydroxylation is 1. The third-order valence-corrected chi connectivity index (χ3v) is 8.85. The Morgan fingerprint density at radius 1 is 1.06 bits per heavy atom. The van der Waals surface area contributed by atoms with Gasteiger partial charge in [-0.3, -0.25) is 9.36 Å². The van der Waals surface area contributed by atoms with E-state index in [-0.39, 0.29) is 11.7 Å². The number of para-hydroxylation sites is 1. The van der Waals surface area contributed by atoms with Gasteiger partial charge in [-0.1, -0.05) is 54.3 Å². The van der Waals surface area contributed by atoms with Gasteiger partial charge in [0, 0.05) is 17.3 Å². The predicted octanol–water partition coefficient (Wildman–Crippen LogP) is 5.92. The molecule has 0 amide bonds. The van der Waals surface area contributed by atoms with Crippen molar-refractivity contribution in [3.63, 3.8) is 0 Å². The smallest absolute Gasteiger partial charge is 0.338 e. The van der Waals surface area contributed by atoms with Crippen molar-refractivity contribution in [3.8, 4) is 28.4 Å². The molecule has 1 atom stereocenters. The van der Waals surface area contributed by atoms with Gasteiger partial charge in [-0.25, -0.2) is 14.5 Å². The summed E-state index contributed by atoms with van der Waals surface area (Å²) in [5.74, 6) is 0.914. The molecular formula is C38H36N4O5S. The van der Waals surface area contributed by atoms with Gasteiger partial charge < -0.3 is 14.2 Å². The molecule has 1 unspecified atom stereocenters. The number of nitrogens with zero attached hydrogens (tertiary/aromatic N) is 4. The van der Waals surface area contributed by atoms with E-state index in [1.807, 2.05) is 92.0 Å². The van der Waals surface area contributed by atoms with Gasteiger partial charge in [0.25, 0.3) is 5.56 Å². The van der Waals surface area contributed by atoms with Crippen LogP contribution in [-0.2, 0) is 9.53 Å². The Morgan fingerprint density at radius 3 is 2.48 bits per heavy atom. The number of carbonyl (C=O) groups is 1. The average Bonchev–Trinajstić information content (AvgIpc) is 3.64. The number of hydrogen-bond donors (Lipinski definition) is 0. The van der Waals surface area contributed by atoms with Gasteiger partial charge in [-0.05, 0) is 87.4 Å². The number of aromatic nitrogens is 3. The maximum atomic E-state index is 14.4. The molecule has 48 heavy (non-hydrogen) atoms. The summed E-state index contributed by atoms with van der Waals surface area (Å²) >= 11 is 1.27. The SMILES string of the molecule is C=CCOc1ccc(-c2nn(-c3ccccc3)cc2/C=c2/sc3n(c2=O)C(c2ccc(OC)cc2)C(C(=O)OC(C)C)=C(C)N=3)cc1C. The van der Waals surface area contributed by atoms with Crippen LogP contribution in [0.4, 0.5) is 0 Å². The van der Waals surface area contributed by atoms with Gasteiger partial charge in [0.15, 0.2) is 4.80 Å². The van der Waals surface area contributed by atoms with E-state index in [0.29, 0.717) is 38.7 Å². The molecule has 0 saturated carbocycles. The largest absolute Gasteiger partial charge is 0.497 e. The lowest BCUT2D eigenvalue weighted by Gasteiger charge is -2.25. The van der Waals surface area contributed by atoms with Crippen LogP contribution in [0.25, 0.3) is 23.0 Å². The van der Waals surface area contributed by atoms with Crippen molar-refractivity contribution < 1.29 is 19.0 Å². The van der Waals surface area contributed by atoms with Crippen molar-refractivity contribution in [2.75, 3.05) is 13.7 Å². The van der Waals surface area contributed by atoms with E-state index in [2.05, 4.69) is 6.58 Å². The van der Waals surface area contributed by atoms with Crippen molar-refractivity contribution in [1.82, 2.24) is 14.3 Å². The Hall–Kier alpha value is -5.48. The van der Waals surface area contributed by atoms with Gasteiger partial charge in [0.05, 0.1) is 40.7 Å². The quantitative estimate of drug-likeness (QED) is 0.136. The number of ether oxygens (including phenoxy) is 3. The highest BCUT2D eigenvalue weighted by atomic mass is 32.1. The summed E-state index contributed by atoms with van der Waals surface area (Å²) in [7, 11) is 1.59. The zero-order valence-corrected chi connectivity index (χ0v) is 28.3. The van der Waals surface area contributed by atoms with Crippen LogP contribution < -0.4 is 24.4 Å². The average molecular weight is 661 g/mol. The lowest BCUT2D eigenvalue weighted by molar-refractivity contribution is -0.143. The first kappa shape index (κ1) is 32.5. The van der Waals surface area contributed by atoms with E-state index in [1.54, 1.807) is 43.2 Å². The zero-order valence-electron chi connectivity index (χ0n) is 27.5. The third kappa shape index (κ3) is 6.39. The van der Waals surface area contributed by atoms with Gasteiger partial charge >= 0.3 is 5.97 Å². The molecule has 0 radical (unpaired) electrons. The molecular weight excluding hydrogens is 625 g/mol. The molecule has 5 aromatic rings. The molecule has 244 valence electrons. The molecule has 6 rings (SSSR count). The molecule has 0 saturated heterocycles. The number of allylic oxidation sites excluding steroid dienone is 1. The van der Waals surface area contributed by atoms with Crippen LogP contribution >= 0.6 is 11.3 Å². The lowest BCUT2D eigenvalue weighted by Crippen LogP contribution is -2.40. The highest BCUT2D eigenvalue weighted by molar-refractivity contribution is 7.07. The van der Waals surface area contributed by atoms with Crippen LogP contribution in [0.1, 0.15) is 43.5 Å². The van der Waals surface area contributed by atoms with E-state index in [4.69, 9.17) is 24.3 Å². The molecule has 0 bridgehead atoms. The summed E-state index contributed by atoms with van der Waals surface area (Å²) in [6.07, 6.45) is 5.13. The number of benzene rings is 3. The second-order valence-electron chi connectivity index (χ2n) is 11.6. The first-order valence-corrected chi connectivity index (χ1v) is 16.4. The summed E-state index contributed by atoms with van der Waals surface area (Å²) in [5.41, 5.74) is 5.44. The molecule has 2 aromatic heterocycles. The molecule has 0 N–H and O–H groups in total. The number of methoxy groups -OCH3 is 1. The number of esters is 1. The van der Waals surface area contributed by atoms with Crippen LogP contribution in [0.3, 0.4) is 0 Å². The van der Waals surface area contributed by atoms with E-state index in [0.717, 1.165) is 33.7 Å². The van der Waals surface area contributed by atoms with E-state index in [1.165, 1.54) is 11.3 Å². The summed E-state index contributed by atoms with van der Waals surface area (Å²) in [4.78, 5) is 33.1. The number of carbonyl (C=O) groups excluding carboxylic acids is 1. The maximum Gasteiger partial charge on any atom is 0.338 e. The minimum Gasteiger partial charge on any atom is -0.497 e. The number of rotatable bonds is 10. The summed E-state index contributed by atoms with van der Waals surface area (Å²) in [6.45, 7) is 11.5. The fourth-order valence-corrected chi connectivity index (χ4v) is 6.68. The molecule has 3 aromatic carbocycles. The van der Waals surface area contributed by atoms with Crippen molar-refractivity contribution in [2.45, 2.75) is 39.8 Å². The van der Waals surface area contributed by atoms with Gasteiger partial charge in [-0.15, -0.1) is 0 Å². The van der Waals surface area contributed by atoms with Crippen molar-refractivity contribution in [3.05, 3.63) is 139 Å². The minimum absolute atomic E-state index is 0.273. The van der Waals surface area contributed by atoms with Gasteiger partial charge in [0.2, 0.25) is 0 Å². The fourth-order valence-electron chi connectivity index (χ4n) is 5.64. The molecule has 0 spiro atoms. The van der Waals surface area contributed by atoms with Crippen LogP contribution in [0.15, 0.2) is 113 Å². The number of fused-ring (bicyclic) bond motifs is 1. The zero-order chi connectivity index (χ0) is 33.9. The number of hydrogen-bond acceptors (Lipinski definition) is 8. The lowest BCUT2D eigenvalue weighted by atomic mass is 9.96. The number of thiazole rings is 1. The second-order valence-corrected chi connectivity index (χ2v) is 12.6. The molecule has 10 heteroatoms. The van der Waals surface area contributed by atoms with E-state index >= 15 is 0 Å². The van der Waals surface area contributed by atoms with Crippen LogP contribution in [-0.4, -0.2) is 40.1 Å². The first-order chi connectivity index (χ1) is 23.2. The highest BCUT2D eigenvalue weighted by Gasteiger charge is 2.34. The fraction of sp³-hybridized carbons (Fsp3) is 0.211. The Kier molecular flexibility index (Phi) is 9.27. The normalized spacial score (nSPS) is 14.5. The topological polar surface area (TPSA) is 96.9 Å². The van der Waals surface area contributed by atoms with Crippen LogP contribution in [0, 0.1) is 6.92 Å². The Morgan fingerprint density at radius 2 is 1.81 bits per heavy atom. The van der Waals surface area contributed by atoms with Gasteiger partial charge in [-0.2, -0.15) is 5.10 Å². The van der Waals surface area contributed by atoms with E-state index < -0.39 is 12.0 Å². The van der Waals surface area contributed by atoms with Crippen LogP contribution in [0.2, 0.25) is 0 Å². The van der Waals surface area contributed by atoms with Crippen molar-refractivity contribution in [1.29, 1.82) is 0 Å². The standard InChI is InChI=1S/C38H36N4O5S/c1-7-19-46-31-18-15-27(20-24(31)4)34-28(22-41(40-34)29-11-9-8-10-12-29)21-32-36(43)42-35(26-13-16-30(45-6)17-14-26)33(37(44)47-23(2)3)25(5)39-38(42)48-32/h7-18,20-23,35H,1,19H2,2-6H3/b32-21+. The second kappa shape index (κ2) is 13.7. The van der Waals surface area contributed by atoms with E-state index in [9.17, 15) is 9.59 Å². The van der Waals surface area contributed by atoms with Crippen molar-refractivity contribution in [2.24, 2.45) is 4.99 Å². The van der Waals surface area contributed by atoms with Crippen molar-refractivity contribution >= 4 is 23.4 Å². The summed E-state index contributed by atoms with van der Waals surface area (Å²) < 4.78 is 20.7. The predicted molar refractivity (Wildman–Crippen MR) is 187 cm³/mol. The molecule has 0 aliphatic carbocycles. The van der Waals surface area contributed by atoms with Crippen LogP contribution in [0.5, 0.6) is 11.5 Å². The molecule has 1 aliphatic rings. The first-order valence-electron chi connectivity index (χ1n) is 15.6. The van der Waals surface area contributed by atoms with Gasteiger partial charge in [0.1, 0.15) is 23.8 Å². The summed E-state index contributed by atoms with van der Waals surface area (Å²) in [5, 5.41) is 4.96. The minimum atomic E-state index is -0.738. The molecule has 9 nitrogen and oxygen atoms in total. The maximum absolute atomic E-state index is 14.4. The molecule has 1 aliphatic heterocycles.